The molecule has 2 heterocycles. The number of hydrogen-bond acceptors (Lipinski definition) is 4. The van der Waals surface area contributed by atoms with Crippen molar-refractivity contribution in [2.24, 2.45) is 0 Å². The van der Waals surface area contributed by atoms with Crippen molar-refractivity contribution < 1.29 is 27.9 Å². The molecule has 1 N–H and O–H groups in total. The number of hydrogen-bond donors (Lipinski definition) is 1. The molecular weight excluding hydrogens is 305 g/mol. The average molecular weight is 326 g/mol. The van der Waals surface area contributed by atoms with Crippen molar-refractivity contribution in [2.45, 2.75) is 57.8 Å². The highest BCUT2D eigenvalue weighted by atomic mass is 19.1. The van der Waals surface area contributed by atoms with Gasteiger partial charge in [0.2, 0.25) is 0 Å². The first-order valence-electron chi connectivity index (χ1n) is 7.69. The third kappa shape index (κ3) is 2.46. The first-order valence-corrected chi connectivity index (χ1v) is 7.69. The molecule has 1 unspecified atom stereocenters. The molecule has 0 bridgehead atoms. The summed E-state index contributed by atoms with van der Waals surface area (Å²) in [6.45, 7) is 8.91. The molecule has 0 radical (unpaired) electrons. The Kier molecular flexibility index (Phi) is 3.56. The highest BCUT2D eigenvalue weighted by Gasteiger charge is 2.54. The average Bonchev–Trinajstić information content (AvgIpc) is 2.59. The van der Waals surface area contributed by atoms with Gasteiger partial charge in [0.1, 0.15) is 5.82 Å². The molecule has 23 heavy (non-hydrogen) atoms. The first-order chi connectivity index (χ1) is 10.5. The van der Waals surface area contributed by atoms with E-state index in [1.54, 1.807) is 0 Å². The van der Waals surface area contributed by atoms with Gasteiger partial charge in [-0.2, -0.15) is 0 Å². The van der Waals surface area contributed by atoms with Gasteiger partial charge in [0, 0.05) is 12.0 Å². The lowest BCUT2D eigenvalue weighted by atomic mass is 9.75. The second kappa shape index (κ2) is 4.91. The van der Waals surface area contributed by atoms with Crippen LogP contribution in [0.4, 0.5) is 8.78 Å². The van der Waals surface area contributed by atoms with Gasteiger partial charge in [-0.15, -0.1) is 0 Å². The third-order valence-electron chi connectivity index (χ3n) is 5.11. The van der Waals surface area contributed by atoms with Gasteiger partial charge in [0.25, 0.3) is 0 Å². The van der Waals surface area contributed by atoms with E-state index in [1.807, 2.05) is 27.7 Å². The second-order valence-electron chi connectivity index (χ2n) is 7.42. The van der Waals surface area contributed by atoms with Crippen molar-refractivity contribution in [1.82, 2.24) is 0 Å². The summed E-state index contributed by atoms with van der Waals surface area (Å²) in [5.74, 6) is -1.82. The Morgan fingerprint density at radius 2 is 1.65 bits per heavy atom. The molecule has 0 spiro atoms. The molecule has 1 aromatic carbocycles. The third-order valence-corrected chi connectivity index (χ3v) is 5.11. The maximum absolute atomic E-state index is 14.9. The zero-order valence-corrected chi connectivity index (χ0v) is 14.0. The van der Waals surface area contributed by atoms with Gasteiger partial charge >= 0.3 is 7.12 Å². The molecule has 3 rings (SSSR count). The van der Waals surface area contributed by atoms with Crippen LogP contribution in [0.1, 0.15) is 46.6 Å². The van der Waals surface area contributed by atoms with Crippen molar-refractivity contribution in [2.75, 3.05) is 6.61 Å². The fraction of sp³-hybridized carbons (Fsp3) is 0.625. The smallest absolute Gasteiger partial charge is 0.490 e. The molecule has 126 valence electrons. The van der Waals surface area contributed by atoms with E-state index < -0.39 is 35.6 Å². The number of fused-ring (bicyclic) bond motifs is 1. The summed E-state index contributed by atoms with van der Waals surface area (Å²) in [6, 6.07) is 1.11. The van der Waals surface area contributed by atoms with Crippen LogP contribution in [0.5, 0.6) is 5.75 Å². The Hall–Kier alpha value is -1.18. The molecule has 1 atom stereocenters. The molecule has 0 aromatic heterocycles. The summed E-state index contributed by atoms with van der Waals surface area (Å²) in [6.07, 6.45) is 0.273. The summed E-state index contributed by atoms with van der Waals surface area (Å²) in [5, 5.41) is 10.3. The normalized spacial score (nSPS) is 28.4. The number of aliphatic hydroxyl groups is 1. The fourth-order valence-corrected chi connectivity index (χ4v) is 2.82. The first kappa shape index (κ1) is 16.7. The molecule has 1 saturated heterocycles. The SMILES string of the molecule is CC1(O)CCOc2c1cc(F)c(B1OC(C)(C)C(C)(C)O1)c2F. The maximum atomic E-state index is 14.9. The Balaban J connectivity index is 2.09. The lowest BCUT2D eigenvalue weighted by Crippen LogP contribution is -2.41. The summed E-state index contributed by atoms with van der Waals surface area (Å²) < 4.78 is 46.3. The molecule has 1 aromatic rings. The van der Waals surface area contributed by atoms with Crippen LogP contribution >= 0.6 is 0 Å². The predicted octanol–water partition coefficient (Wildman–Crippen LogP) is 2.25. The Labute approximate surface area is 134 Å². The van der Waals surface area contributed by atoms with E-state index in [0.717, 1.165) is 6.07 Å². The minimum Gasteiger partial charge on any atom is -0.490 e. The fourth-order valence-electron chi connectivity index (χ4n) is 2.82. The van der Waals surface area contributed by atoms with Crippen LogP contribution in [-0.4, -0.2) is 30.0 Å². The van der Waals surface area contributed by atoms with E-state index in [4.69, 9.17) is 14.0 Å². The lowest BCUT2D eigenvalue weighted by molar-refractivity contribution is 0.00578. The molecule has 7 heteroatoms. The van der Waals surface area contributed by atoms with Gasteiger partial charge in [-0.1, -0.05) is 0 Å². The summed E-state index contributed by atoms with van der Waals surface area (Å²) in [4.78, 5) is 0. The standard InChI is InChI=1S/C16H21BF2O4/c1-14(2)15(3,4)23-17(22-14)11-10(18)8-9-13(12(11)19)21-7-6-16(9,5)20/h8,20H,6-7H2,1-5H3. The maximum Gasteiger partial charge on any atom is 0.501 e. The van der Waals surface area contributed by atoms with Crippen LogP contribution in [0.3, 0.4) is 0 Å². The monoisotopic (exact) mass is 326 g/mol. The van der Waals surface area contributed by atoms with E-state index >= 15 is 0 Å². The quantitative estimate of drug-likeness (QED) is 0.804. The van der Waals surface area contributed by atoms with E-state index in [1.165, 1.54) is 6.92 Å². The Bertz CT molecular complexity index is 642. The Morgan fingerprint density at radius 3 is 2.22 bits per heavy atom. The highest BCUT2D eigenvalue weighted by Crippen LogP contribution is 2.41. The van der Waals surface area contributed by atoms with E-state index in [0.29, 0.717) is 0 Å². The molecule has 0 saturated carbocycles. The molecule has 2 aliphatic heterocycles. The zero-order chi connectivity index (χ0) is 17.2. The van der Waals surface area contributed by atoms with Crippen LogP contribution in [-0.2, 0) is 14.9 Å². The van der Waals surface area contributed by atoms with Gasteiger partial charge in [-0.3, -0.25) is 0 Å². The van der Waals surface area contributed by atoms with Crippen molar-refractivity contribution >= 4 is 12.6 Å². The number of benzene rings is 1. The summed E-state index contributed by atoms with van der Waals surface area (Å²) in [7, 11) is -1.17. The lowest BCUT2D eigenvalue weighted by Gasteiger charge is -2.32. The molecule has 1 fully saturated rings. The van der Waals surface area contributed by atoms with E-state index in [9.17, 15) is 13.9 Å². The van der Waals surface area contributed by atoms with Crippen molar-refractivity contribution in [1.29, 1.82) is 0 Å². The topological polar surface area (TPSA) is 47.9 Å². The predicted molar refractivity (Wildman–Crippen MR) is 81.8 cm³/mol. The van der Waals surface area contributed by atoms with Gasteiger partial charge in [-0.25, -0.2) is 8.78 Å². The molecule has 0 amide bonds. The van der Waals surface area contributed by atoms with Crippen LogP contribution in [0.2, 0.25) is 0 Å². The zero-order valence-electron chi connectivity index (χ0n) is 14.0. The minimum atomic E-state index is -1.33. The van der Waals surface area contributed by atoms with Crippen molar-refractivity contribution in [3.63, 3.8) is 0 Å². The largest absolute Gasteiger partial charge is 0.501 e. The van der Waals surface area contributed by atoms with Crippen molar-refractivity contribution in [3.8, 4) is 5.75 Å². The molecule has 2 aliphatic rings. The van der Waals surface area contributed by atoms with Crippen LogP contribution in [0.15, 0.2) is 6.07 Å². The summed E-state index contributed by atoms with van der Waals surface area (Å²) in [5.41, 5.74) is -2.96. The summed E-state index contributed by atoms with van der Waals surface area (Å²) >= 11 is 0. The van der Waals surface area contributed by atoms with Crippen molar-refractivity contribution in [3.05, 3.63) is 23.3 Å². The van der Waals surface area contributed by atoms with Gasteiger partial charge < -0.3 is 19.2 Å². The number of ether oxygens (including phenoxy) is 1. The number of rotatable bonds is 1. The van der Waals surface area contributed by atoms with Gasteiger partial charge in [0.05, 0.1) is 28.9 Å². The highest BCUT2D eigenvalue weighted by molar-refractivity contribution is 6.62. The Morgan fingerprint density at radius 1 is 1.09 bits per heavy atom. The number of halogens is 2. The molecule has 0 aliphatic carbocycles. The van der Waals surface area contributed by atoms with Gasteiger partial charge in [-0.05, 0) is 40.7 Å². The molecular formula is C16H21BF2O4. The van der Waals surface area contributed by atoms with Crippen LogP contribution < -0.4 is 10.2 Å². The second-order valence-corrected chi connectivity index (χ2v) is 7.42. The van der Waals surface area contributed by atoms with Crippen LogP contribution in [0, 0.1) is 11.6 Å². The minimum absolute atomic E-state index is 0.110. The van der Waals surface area contributed by atoms with E-state index in [-0.39, 0.29) is 29.8 Å². The van der Waals surface area contributed by atoms with Crippen LogP contribution in [0.25, 0.3) is 0 Å². The molecule has 4 nitrogen and oxygen atoms in total. The van der Waals surface area contributed by atoms with Gasteiger partial charge in [0.15, 0.2) is 11.6 Å². The van der Waals surface area contributed by atoms with E-state index in [2.05, 4.69) is 0 Å².